The molecule has 0 radical (unpaired) electrons. The van der Waals surface area contributed by atoms with E-state index in [1.807, 2.05) is 37.3 Å². The highest BCUT2D eigenvalue weighted by Crippen LogP contribution is 2.24. The molecule has 0 spiro atoms. The van der Waals surface area contributed by atoms with Crippen LogP contribution in [0, 0.1) is 0 Å². The van der Waals surface area contributed by atoms with Gasteiger partial charge in [-0.2, -0.15) is 0 Å². The van der Waals surface area contributed by atoms with Gasteiger partial charge in [0, 0.05) is 12.4 Å². The lowest BCUT2D eigenvalue weighted by molar-refractivity contribution is 0.171. The number of fused-ring (bicyclic) bond motifs is 1. The third kappa shape index (κ3) is 2.56. The molecule has 0 fully saturated rings. The molecule has 4 heteroatoms. The van der Waals surface area contributed by atoms with E-state index in [4.69, 9.17) is 4.42 Å². The number of hydrogen-bond donors (Lipinski definition) is 1. The molecule has 0 saturated heterocycles. The van der Waals surface area contributed by atoms with Crippen molar-refractivity contribution in [1.29, 1.82) is 0 Å². The summed E-state index contributed by atoms with van der Waals surface area (Å²) >= 11 is 0. The lowest BCUT2D eigenvalue weighted by Gasteiger charge is -2.06. The molecule has 1 unspecified atom stereocenters. The molecule has 2 aromatic heterocycles. The predicted octanol–water partition coefficient (Wildman–Crippen LogP) is 3.20. The van der Waals surface area contributed by atoms with Crippen LogP contribution in [0.4, 0.5) is 0 Å². The highest BCUT2D eigenvalue weighted by molar-refractivity contribution is 5.76. The highest BCUT2D eigenvalue weighted by Gasteiger charge is 2.10. The Balaban J connectivity index is 1.95. The van der Waals surface area contributed by atoms with Gasteiger partial charge >= 0.3 is 0 Å². The fourth-order valence-corrected chi connectivity index (χ4v) is 2.13. The van der Waals surface area contributed by atoms with Crippen molar-refractivity contribution in [3.8, 4) is 11.5 Å². The molecule has 0 aliphatic carbocycles. The van der Waals surface area contributed by atoms with Crippen LogP contribution in [0.1, 0.15) is 18.9 Å². The van der Waals surface area contributed by atoms with E-state index < -0.39 is 0 Å². The predicted molar refractivity (Wildman–Crippen MR) is 77.2 cm³/mol. The molecule has 1 atom stereocenters. The van der Waals surface area contributed by atoms with Gasteiger partial charge in [0.1, 0.15) is 5.52 Å². The summed E-state index contributed by atoms with van der Waals surface area (Å²) in [5, 5.41) is 9.71. The smallest absolute Gasteiger partial charge is 0.228 e. The fraction of sp³-hybridized carbons (Fsp3) is 0.250. The highest BCUT2D eigenvalue weighted by atomic mass is 16.3. The number of aliphatic hydroxyl groups excluding tert-OH is 1. The van der Waals surface area contributed by atoms with Gasteiger partial charge in [0.25, 0.3) is 0 Å². The first kappa shape index (κ1) is 12.8. The van der Waals surface area contributed by atoms with Crippen LogP contribution in [0.2, 0.25) is 0 Å². The second-order valence-electron chi connectivity index (χ2n) is 4.83. The van der Waals surface area contributed by atoms with Gasteiger partial charge in [-0.3, -0.25) is 4.98 Å². The first-order valence-corrected chi connectivity index (χ1v) is 6.74. The summed E-state index contributed by atoms with van der Waals surface area (Å²) in [6.07, 6.45) is 4.53. The van der Waals surface area contributed by atoms with Crippen LogP contribution in [0.25, 0.3) is 22.6 Å². The van der Waals surface area contributed by atoms with Crippen LogP contribution in [0.15, 0.2) is 47.1 Å². The van der Waals surface area contributed by atoms with Crippen molar-refractivity contribution in [2.24, 2.45) is 0 Å². The number of nitrogens with zero attached hydrogens (tertiary/aromatic N) is 2. The minimum absolute atomic E-state index is 0.308. The Labute approximate surface area is 117 Å². The molecule has 102 valence electrons. The lowest BCUT2D eigenvalue weighted by Crippen LogP contribution is -2.08. The van der Waals surface area contributed by atoms with Crippen molar-refractivity contribution in [2.75, 3.05) is 0 Å². The van der Waals surface area contributed by atoms with E-state index in [0.717, 1.165) is 28.6 Å². The summed E-state index contributed by atoms with van der Waals surface area (Å²) in [5.74, 6) is 0.571. The summed E-state index contributed by atoms with van der Waals surface area (Å²) in [6.45, 7) is 1.97. The van der Waals surface area contributed by atoms with E-state index in [9.17, 15) is 5.11 Å². The third-order valence-electron chi connectivity index (χ3n) is 3.30. The topological polar surface area (TPSA) is 59.2 Å². The molecule has 3 aromatic rings. The van der Waals surface area contributed by atoms with E-state index in [1.165, 1.54) is 0 Å². The molecule has 2 heterocycles. The fourth-order valence-electron chi connectivity index (χ4n) is 2.13. The normalized spacial score (nSPS) is 12.7. The maximum Gasteiger partial charge on any atom is 0.228 e. The largest absolute Gasteiger partial charge is 0.436 e. The minimum Gasteiger partial charge on any atom is -0.436 e. The average molecular weight is 268 g/mol. The Bertz CT molecular complexity index is 707. The van der Waals surface area contributed by atoms with Crippen molar-refractivity contribution in [3.05, 3.63) is 48.3 Å². The summed E-state index contributed by atoms with van der Waals surface area (Å²) in [7, 11) is 0. The number of oxazole rings is 1. The molecule has 3 rings (SSSR count). The molecule has 1 aromatic carbocycles. The first-order chi connectivity index (χ1) is 9.76. The number of rotatable bonds is 4. The number of benzene rings is 1. The van der Waals surface area contributed by atoms with Gasteiger partial charge in [-0.1, -0.05) is 13.0 Å². The van der Waals surface area contributed by atoms with E-state index >= 15 is 0 Å². The van der Waals surface area contributed by atoms with Crippen molar-refractivity contribution in [1.82, 2.24) is 9.97 Å². The molecule has 0 saturated carbocycles. The molecule has 0 aliphatic heterocycles. The molecule has 20 heavy (non-hydrogen) atoms. The summed E-state index contributed by atoms with van der Waals surface area (Å²) < 4.78 is 5.73. The second kappa shape index (κ2) is 5.43. The number of aromatic nitrogens is 2. The molecule has 1 N–H and O–H groups in total. The van der Waals surface area contributed by atoms with Gasteiger partial charge in [0.05, 0.1) is 11.7 Å². The monoisotopic (exact) mass is 268 g/mol. The molecule has 0 bridgehead atoms. The van der Waals surface area contributed by atoms with Crippen LogP contribution in [0.5, 0.6) is 0 Å². The third-order valence-corrected chi connectivity index (χ3v) is 3.30. The van der Waals surface area contributed by atoms with E-state index in [2.05, 4.69) is 9.97 Å². The zero-order valence-corrected chi connectivity index (χ0v) is 11.3. The lowest BCUT2D eigenvalue weighted by atomic mass is 10.1. The Morgan fingerprint density at radius 1 is 1.30 bits per heavy atom. The molecule has 0 aliphatic rings. The van der Waals surface area contributed by atoms with Gasteiger partial charge in [-0.25, -0.2) is 4.98 Å². The van der Waals surface area contributed by atoms with Crippen LogP contribution in [-0.4, -0.2) is 21.2 Å². The molecule has 4 nitrogen and oxygen atoms in total. The van der Waals surface area contributed by atoms with E-state index in [-0.39, 0.29) is 6.10 Å². The SMILES string of the molecule is CCC(O)Cc1ccc2oc(-c3cccnc3)nc2c1. The van der Waals surface area contributed by atoms with Gasteiger partial charge in [0.2, 0.25) is 5.89 Å². The average Bonchev–Trinajstić information content (AvgIpc) is 2.91. The minimum atomic E-state index is -0.308. The van der Waals surface area contributed by atoms with Crippen LogP contribution < -0.4 is 0 Å². The van der Waals surface area contributed by atoms with Crippen molar-refractivity contribution in [2.45, 2.75) is 25.9 Å². The zero-order chi connectivity index (χ0) is 13.9. The summed E-state index contributed by atoms with van der Waals surface area (Å²) in [5.41, 5.74) is 3.49. The van der Waals surface area contributed by atoms with Crippen LogP contribution in [-0.2, 0) is 6.42 Å². The first-order valence-electron chi connectivity index (χ1n) is 6.74. The van der Waals surface area contributed by atoms with Crippen molar-refractivity contribution in [3.63, 3.8) is 0 Å². The van der Waals surface area contributed by atoms with Gasteiger partial charge < -0.3 is 9.52 Å². The molecular weight excluding hydrogens is 252 g/mol. The maximum absolute atomic E-state index is 9.71. The van der Waals surface area contributed by atoms with Crippen LogP contribution in [0.3, 0.4) is 0 Å². The van der Waals surface area contributed by atoms with Gasteiger partial charge in [-0.15, -0.1) is 0 Å². The van der Waals surface area contributed by atoms with E-state index in [0.29, 0.717) is 12.3 Å². The van der Waals surface area contributed by atoms with Crippen molar-refractivity contribution < 1.29 is 9.52 Å². The molecule has 0 amide bonds. The summed E-state index contributed by atoms with van der Waals surface area (Å²) in [6, 6.07) is 9.61. The van der Waals surface area contributed by atoms with Crippen molar-refractivity contribution >= 4 is 11.1 Å². The Morgan fingerprint density at radius 3 is 2.95 bits per heavy atom. The summed E-state index contributed by atoms with van der Waals surface area (Å²) in [4.78, 5) is 8.55. The zero-order valence-electron chi connectivity index (χ0n) is 11.3. The van der Waals surface area contributed by atoms with Gasteiger partial charge in [0.15, 0.2) is 5.58 Å². The van der Waals surface area contributed by atoms with Gasteiger partial charge in [-0.05, 0) is 42.7 Å². The Hall–Kier alpha value is -2.20. The number of aliphatic hydroxyl groups is 1. The quantitative estimate of drug-likeness (QED) is 0.789. The molecular formula is C16H16N2O2. The Kier molecular flexibility index (Phi) is 3.48. The van der Waals surface area contributed by atoms with Crippen LogP contribution >= 0.6 is 0 Å². The second-order valence-corrected chi connectivity index (χ2v) is 4.83. The number of hydrogen-bond acceptors (Lipinski definition) is 4. The number of pyridine rings is 1. The Morgan fingerprint density at radius 2 is 2.20 bits per heavy atom. The van der Waals surface area contributed by atoms with E-state index in [1.54, 1.807) is 12.4 Å². The maximum atomic E-state index is 9.71. The standard InChI is InChI=1S/C16H16N2O2/c1-2-13(19)8-11-5-6-15-14(9-11)18-16(20-15)12-4-3-7-17-10-12/h3-7,9-10,13,19H,2,8H2,1H3.